The first-order valence-corrected chi connectivity index (χ1v) is 34.5. The molecule has 0 saturated carbocycles. The molecule has 0 aliphatic heterocycles. The SMILES string of the molecule is CC(C)C[C@@H](CC(=O)[C@@H](Cc1ccccc1)NC(=O)[C@H](C)Cc1ccccc1)C(=O)N[C@H](CCCCNC(=O)OC(C)(C)C)C(=O)O.COCCOCCOCCCC(=O)[C@@H](CCCCN)NC(=O)[C@H](CC(=O)[C@@H](Cc1ccccc1)NC(=O)[C@H](N)Cc1ccccc1)CC(C)C. The largest absolute Gasteiger partial charge is 0.480 e. The molecule has 0 aliphatic rings. The van der Waals surface area contributed by atoms with Crippen molar-refractivity contribution in [2.45, 2.75) is 194 Å². The van der Waals surface area contributed by atoms with Gasteiger partial charge in [0.1, 0.15) is 11.6 Å². The number of carboxylic acid groups (broad SMARTS) is 1. The fourth-order valence-electron chi connectivity index (χ4n) is 10.9. The first-order chi connectivity index (χ1) is 46.3. The Hall–Kier alpha value is -7.69. The lowest BCUT2D eigenvalue weighted by atomic mass is 9.87. The molecular weight excluding hydrogens is 1230 g/mol. The summed E-state index contributed by atoms with van der Waals surface area (Å²) in [4.78, 5) is 119. The van der Waals surface area contributed by atoms with Gasteiger partial charge < -0.3 is 62.1 Å². The summed E-state index contributed by atoms with van der Waals surface area (Å²) in [7, 11) is 1.61. The van der Waals surface area contributed by atoms with Gasteiger partial charge >= 0.3 is 12.1 Å². The maximum atomic E-state index is 13.9. The molecule has 0 heterocycles. The second-order valence-corrected chi connectivity index (χ2v) is 26.8. The van der Waals surface area contributed by atoms with Crippen LogP contribution in [0, 0.1) is 29.6 Å². The van der Waals surface area contributed by atoms with Crippen LogP contribution in [0.15, 0.2) is 121 Å². The summed E-state index contributed by atoms with van der Waals surface area (Å²) >= 11 is 0. The van der Waals surface area contributed by atoms with Crippen LogP contribution >= 0.6 is 0 Å². The highest BCUT2D eigenvalue weighted by atomic mass is 16.6. The molecule has 5 amide bonds. The summed E-state index contributed by atoms with van der Waals surface area (Å²) in [6.45, 7) is 18.0. The monoisotopic (exact) mass is 1350 g/mol. The Morgan fingerprint density at radius 1 is 0.474 bits per heavy atom. The lowest BCUT2D eigenvalue weighted by Gasteiger charge is -2.25. The third kappa shape index (κ3) is 37.0. The van der Waals surface area contributed by atoms with Crippen LogP contribution < -0.4 is 38.1 Å². The molecule has 0 unspecified atom stereocenters. The number of amides is 5. The van der Waals surface area contributed by atoms with Crippen LogP contribution in [0.1, 0.15) is 155 Å². The molecule has 8 atom stereocenters. The summed E-state index contributed by atoms with van der Waals surface area (Å²) in [5.74, 6) is -4.97. The highest BCUT2D eigenvalue weighted by Gasteiger charge is 2.34. The van der Waals surface area contributed by atoms with Gasteiger partial charge in [-0.15, -0.1) is 0 Å². The molecule has 0 aliphatic carbocycles. The molecule has 21 heteroatoms. The van der Waals surface area contributed by atoms with E-state index >= 15 is 0 Å². The van der Waals surface area contributed by atoms with Gasteiger partial charge in [-0.1, -0.05) is 156 Å². The van der Waals surface area contributed by atoms with E-state index in [1.54, 1.807) is 27.9 Å². The van der Waals surface area contributed by atoms with Crippen molar-refractivity contribution in [2.24, 2.45) is 41.1 Å². The maximum Gasteiger partial charge on any atom is 0.407 e. The van der Waals surface area contributed by atoms with Crippen molar-refractivity contribution >= 4 is 53.0 Å². The third-order valence-electron chi connectivity index (χ3n) is 16.0. The molecule has 0 spiro atoms. The maximum absolute atomic E-state index is 13.9. The van der Waals surface area contributed by atoms with E-state index in [2.05, 4.69) is 26.6 Å². The number of carbonyl (C=O) groups excluding carboxylic acids is 8. The Bertz CT molecular complexity index is 2930. The van der Waals surface area contributed by atoms with E-state index in [-0.39, 0.29) is 85.4 Å². The number of ketones is 3. The number of hydrogen-bond acceptors (Lipinski definition) is 15. The van der Waals surface area contributed by atoms with Crippen molar-refractivity contribution in [1.29, 1.82) is 0 Å². The summed E-state index contributed by atoms with van der Waals surface area (Å²) in [6.07, 6.45) is 5.17. The molecule has 536 valence electrons. The molecule has 0 bridgehead atoms. The molecule has 4 rings (SSSR count). The molecule has 10 N–H and O–H groups in total. The number of ether oxygens (including phenoxy) is 4. The van der Waals surface area contributed by atoms with Gasteiger partial charge in [-0.05, 0) is 145 Å². The van der Waals surface area contributed by atoms with Crippen molar-refractivity contribution in [3.05, 3.63) is 144 Å². The molecule has 0 saturated heterocycles. The number of methoxy groups -OCH3 is 1. The normalized spacial score (nSPS) is 13.8. The van der Waals surface area contributed by atoms with E-state index < -0.39 is 71.5 Å². The molecule has 0 aromatic heterocycles. The van der Waals surface area contributed by atoms with Gasteiger partial charge in [-0.2, -0.15) is 0 Å². The van der Waals surface area contributed by atoms with Gasteiger partial charge in [0, 0.05) is 57.3 Å². The number of carbonyl (C=O) groups is 9. The predicted molar refractivity (Wildman–Crippen MR) is 377 cm³/mol. The third-order valence-corrected chi connectivity index (χ3v) is 16.0. The zero-order chi connectivity index (χ0) is 71.5. The average Bonchev–Trinajstić information content (AvgIpc) is 1.24. The molecule has 21 nitrogen and oxygen atoms in total. The number of nitrogens with one attached hydrogen (secondary N) is 5. The fraction of sp³-hybridized carbons (Fsp3) is 0.566. The molecule has 4 aromatic carbocycles. The molecule has 4 aromatic rings. The number of hydrogen-bond donors (Lipinski definition) is 8. The topological polar surface area (TPSA) is 323 Å². The van der Waals surface area contributed by atoms with E-state index in [9.17, 15) is 48.3 Å². The van der Waals surface area contributed by atoms with Crippen LogP contribution in [-0.2, 0) is 83.0 Å². The van der Waals surface area contributed by atoms with Crippen molar-refractivity contribution in [3.63, 3.8) is 0 Å². The van der Waals surface area contributed by atoms with Crippen LogP contribution in [0.2, 0.25) is 0 Å². The van der Waals surface area contributed by atoms with Gasteiger partial charge in [0.15, 0.2) is 17.3 Å². The Balaban J connectivity index is 0.000000506. The van der Waals surface area contributed by atoms with Gasteiger partial charge in [0.05, 0.1) is 50.6 Å². The fourth-order valence-corrected chi connectivity index (χ4v) is 10.9. The zero-order valence-electron chi connectivity index (χ0n) is 59.0. The summed E-state index contributed by atoms with van der Waals surface area (Å²) in [5.41, 5.74) is 15.0. The van der Waals surface area contributed by atoms with Gasteiger partial charge in [-0.25, -0.2) is 9.59 Å². The van der Waals surface area contributed by atoms with E-state index in [0.29, 0.717) is 104 Å². The predicted octanol–water partition coefficient (Wildman–Crippen LogP) is 9.03. The highest BCUT2D eigenvalue weighted by molar-refractivity contribution is 5.96. The number of carboxylic acids is 1. The Morgan fingerprint density at radius 3 is 1.34 bits per heavy atom. The van der Waals surface area contributed by atoms with Crippen LogP contribution in [0.25, 0.3) is 0 Å². The van der Waals surface area contributed by atoms with Crippen LogP contribution in [-0.4, -0.2) is 147 Å². The number of aliphatic carboxylic acids is 1. The van der Waals surface area contributed by atoms with Gasteiger partial charge in [-0.3, -0.25) is 33.6 Å². The number of rotatable bonds is 47. The second kappa shape index (κ2) is 47.3. The number of Topliss-reactive ketones (excluding diaryl/α,β-unsaturated/α-hetero) is 3. The minimum atomic E-state index is -1.17. The van der Waals surface area contributed by atoms with E-state index in [4.69, 9.17) is 30.4 Å². The number of benzene rings is 4. The number of alkyl carbamates (subject to hydrolysis) is 1. The second-order valence-electron chi connectivity index (χ2n) is 26.8. The number of nitrogens with two attached hydrogens (primary N) is 2. The van der Waals surface area contributed by atoms with Gasteiger partial charge in [0.2, 0.25) is 23.6 Å². The zero-order valence-corrected chi connectivity index (χ0v) is 59.0. The highest BCUT2D eigenvalue weighted by Crippen LogP contribution is 2.23. The standard InChI is InChI=1S/C39H60N4O7.C37H53N3O7/c1-29(2)25-32(38(46)42-34(17-10-11-19-40)36(44)18-12-20-49-23-24-50-22-21-48-3)28-37(45)35(27-31-15-8-5-9-16-31)43-39(47)33(41)26-30-13-6-4-7-14-30;1-25(2)21-29(34(43)39-30(35(44)45)19-13-14-20-38-36(46)47-37(4,5)6)24-32(41)31(23-28-17-11-8-12-18-28)40-33(42)26(3)22-27-15-9-7-10-16-27/h4-9,13-16,29,32-35H,10-12,17-28,40-41H2,1-3H3,(H,42,46)(H,43,47);7-12,15-18,25-26,29-31H,13-14,19-24H2,1-6H3,(H,38,46)(H,39,43)(H,40,42)(H,44,45)/t32-,33+,34+,35+;26-,29+,30-,31-/m01/s1. The van der Waals surface area contributed by atoms with E-state index in [1.165, 1.54) is 0 Å². The van der Waals surface area contributed by atoms with Crippen LogP contribution in [0.4, 0.5) is 4.79 Å². The minimum absolute atomic E-state index is 0.0637. The van der Waals surface area contributed by atoms with Crippen molar-refractivity contribution in [3.8, 4) is 0 Å². The lowest BCUT2D eigenvalue weighted by Crippen LogP contribution is -2.51. The smallest absolute Gasteiger partial charge is 0.407 e. The first-order valence-electron chi connectivity index (χ1n) is 34.5. The Labute approximate surface area is 576 Å². The van der Waals surface area contributed by atoms with E-state index in [1.807, 2.05) is 156 Å². The van der Waals surface area contributed by atoms with E-state index in [0.717, 1.165) is 28.7 Å². The van der Waals surface area contributed by atoms with Crippen molar-refractivity contribution in [2.75, 3.05) is 53.2 Å². The lowest BCUT2D eigenvalue weighted by molar-refractivity contribution is -0.143. The Morgan fingerprint density at radius 2 is 0.887 bits per heavy atom. The molecule has 97 heavy (non-hydrogen) atoms. The number of unbranched alkanes of at least 4 members (excludes halogenated alkanes) is 2. The summed E-state index contributed by atoms with van der Waals surface area (Å²) < 4.78 is 21.1. The quantitative estimate of drug-likeness (QED) is 0.0191. The molecular formula is C76H113N7O14. The first kappa shape index (κ1) is 83.5. The summed E-state index contributed by atoms with van der Waals surface area (Å²) in [5, 5.41) is 23.9. The van der Waals surface area contributed by atoms with Crippen LogP contribution in [0.5, 0.6) is 0 Å². The minimum Gasteiger partial charge on any atom is -0.480 e. The Kier molecular flexibility index (Phi) is 40.7. The van der Waals surface area contributed by atoms with Crippen LogP contribution in [0.3, 0.4) is 0 Å². The molecule has 0 radical (unpaired) electrons. The van der Waals surface area contributed by atoms with Crippen molar-refractivity contribution < 1.29 is 67.2 Å². The average molecular weight is 1350 g/mol. The van der Waals surface area contributed by atoms with Gasteiger partial charge in [0.25, 0.3) is 0 Å². The molecule has 0 fully saturated rings. The summed E-state index contributed by atoms with van der Waals surface area (Å²) in [6, 6.07) is 33.5. The van der Waals surface area contributed by atoms with Crippen molar-refractivity contribution in [1.82, 2.24) is 26.6 Å².